The van der Waals surface area contributed by atoms with Crippen LogP contribution in [0.25, 0.3) is 0 Å². The van der Waals surface area contributed by atoms with Crippen molar-refractivity contribution in [3.8, 4) is 5.75 Å². The Kier molecular flexibility index (Phi) is 4.21. The highest BCUT2D eigenvalue weighted by atomic mass is 35.5. The number of halogens is 1. The first-order valence-electron chi connectivity index (χ1n) is 5.53. The zero-order chi connectivity index (χ0) is 14.8. The number of H-pyrrole nitrogens is 1. The van der Waals surface area contributed by atoms with Gasteiger partial charge in [-0.15, -0.1) is 10.2 Å². The Morgan fingerprint density at radius 2 is 2.20 bits per heavy atom. The number of nitrogens with zero attached hydrogens (tertiary/aromatic N) is 3. The number of aromatic nitrogens is 4. The van der Waals surface area contributed by atoms with E-state index in [0.717, 1.165) is 0 Å². The largest absolute Gasteiger partial charge is 0.495 e. The van der Waals surface area contributed by atoms with Crippen LogP contribution in [0.15, 0.2) is 23.1 Å². The molecule has 1 atom stereocenters. The topological polar surface area (TPSA) is 110 Å². The number of methoxy groups -OCH3 is 1. The molecular weight excluding hydrogens is 306 g/mol. The summed E-state index contributed by atoms with van der Waals surface area (Å²) < 4.78 is 31.8. The summed E-state index contributed by atoms with van der Waals surface area (Å²) in [6.45, 7) is 1.60. The molecule has 1 aromatic carbocycles. The van der Waals surface area contributed by atoms with Gasteiger partial charge in [0.15, 0.2) is 5.82 Å². The fourth-order valence-corrected chi connectivity index (χ4v) is 3.07. The Morgan fingerprint density at radius 3 is 2.75 bits per heavy atom. The van der Waals surface area contributed by atoms with Crippen molar-refractivity contribution < 1.29 is 13.2 Å². The van der Waals surface area contributed by atoms with Gasteiger partial charge in [-0.2, -0.15) is 5.21 Å². The number of hydrogen-bond donors (Lipinski definition) is 2. The second-order valence-electron chi connectivity index (χ2n) is 3.91. The summed E-state index contributed by atoms with van der Waals surface area (Å²) in [4.78, 5) is 0.0265. The summed E-state index contributed by atoms with van der Waals surface area (Å²) >= 11 is 5.91. The summed E-state index contributed by atoms with van der Waals surface area (Å²) in [7, 11) is -2.29. The van der Waals surface area contributed by atoms with Crippen molar-refractivity contribution in [1.29, 1.82) is 0 Å². The van der Waals surface area contributed by atoms with E-state index < -0.39 is 16.1 Å². The summed E-state index contributed by atoms with van der Waals surface area (Å²) in [5, 5.41) is 13.3. The number of tetrazole rings is 1. The van der Waals surface area contributed by atoms with Crippen molar-refractivity contribution >= 4 is 21.6 Å². The van der Waals surface area contributed by atoms with E-state index in [0.29, 0.717) is 5.75 Å². The van der Waals surface area contributed by atoms with Gasteiger partial charge in [-0.05, 0) is 25.1 Å². The minimum Gasteiger partial charge on any atom is -0.495 e. The van der Waals surface area contributed by atoms with Gasteiger partial charge in [-0.1, -0.05) is 16.8 Å². The Balaban J connectivity index is 2.24. The van der Waals surface area contributed by atoms with Gasteiger partial charge >= 0.3 is 0 Å². The van der Waals surface area contributed by atoms with Crippen LogP contribution in [-0.4, -0.2) is 36.2 Å². The molecule has 1 unspecified atom stereocenters. The predicted octanol–water partition coefficient (Wildman–Crippen LogP) is 0.901. The molecule has 0 saturated carbocycles. The molecule has 0 spiro atoms. The number of hydrogen-bond acceptors (Lipinski definition) is 6. The number of rotatable bonds is 5. The molecule has 0 aliphatic heterocycles. The molecule has 0 saturated heterocycles. The molecule has 1 aromatic heterocycles. The van der Waals surface area contributed by atoms with Gasteiger partial charge in [0, 0.05) is 0 Å². The fourth-order valence-electron chi connectivity index (χ4n) is 1.52. The van der Waals surface area contributed by atoms with Crippen LogP contribution in [0.4, 0.5) is 0 Å². The standard InChI is InChI=1S/C10H12ClN5O3S/c1-6(10-12-15-16-13-10)14-20(17,18)7-3-4-9(19-2)8(11)5-7/h3-6,14H,1-2H3,(H,12,13,15,16). The van der Waals surface area contributed by atoms with Crippen LogP contribution in [0.1, 0.15) is 18.8 Å². The molecule has 10 heteroatoms. The van der Waals surface area contributed by atoms with Crippen LogP contribution >= 0.6 is 11.6 Å². The first-order valence-corrected chi connectivity index (χ1v) is 7.39. The average Bonchev–Trinajstić information content (AvgIpc) is 2.92. The zero-order valence-corrected chi connectivity index (χ0v) is 12.2. The van der Waals surface area contributed by atoms with Gasteiger partial charge in [0.25, 0.3) is 0 Å². The summed E-state index contributed by atoms with van der Waals surface area (Å²) in [6, 6.07) is 3.57. The van der Waals surface area contributed by atoms with Crippen molar-refractivity contribution in [2.24, 2.45) is 0 Å². The summed E-state index contributed by atoms with van der Waals surface area (Å²) in [5.41, 5.74) is 0. The molecule has 2 N–H and O–H groups in total. The van der Waals surface area contributed by atoms with Crippen LogP contribution in [0, 0.1) is 0 Å². The predicted molar refractivity (Wildman–Crippen MR) is 70.9 cm³/mol. The molecule has 20 heavy (non-hydrogen) atoms. The molecule has 0 amide bonds. The minimum absolute atomic E-state index is 0.0265. The van der Waals surface area contributed by atoms with Gasteiger partial charge in [-0.3, -0.25) is 0 Å². The van der Waals surface area contributed by atoms with Gasteiger partial charge < -0.3 is 4.74 Å². The van der Waals surface area contributed by atoms with Gasteiger partial charge in [-0.25, -0.2) is 13.1 Å². The molecule has 0 radical (unpaired) electrons. The van der Waals surface area contributed by atoms with Crippen LogP contribution in [-0.2, 0) is 10.0 Å². The van der Waals surface area contributed by atoms with Crippen molar-refractivity contribution in [3.05, 3.63) is 29.0 Å². The number of aromatic amines is 1. The van der Waals surface area contributed by atoms with E-state index in [-0.39, 0.29) is 15.7 Å². The third-order valence-electron chi connectivity index (χ3n) is 2.51. The van der Waals surface area contributed by atoms with E-state index in [4.69, 9.17) is 16.3 Å². The van der Waals surface area contributed by atoms with Crippen molar-refractivity contribution in [1.82, 2.24) is 25.3 Å². The molecule has 0 aliphatic carbocycles. The van der Waals surface area contributed by atoms with E-state index in [2.05, 4.69) is 25.3 Å². The second-order valence-corrected chi connectivity index (χ2v) is 6.03. The van der Waals surface area contributed by atoms with Crippen molar-refractivity contribution in [2.45, 2.75) is 17.9 Å². The number of ether oxygens (including phenoxy) is 1. The van der Waals surface area contributed by atoms with E-state index in [1.165, 1.54) is 25.3 Å². The Bertz CT molecular complexity index is 689. The molecule has 1 heterocycles. The molecule has 2 aromatic rings. The number of nitrogens with one attached hydrogen (secondary N) is 2. The maximum atomic E-state index is 12.2. The first-order chi connectivity index (χ1) is 9.44. The lowest BCUT2D eigenvalue weighted by Crippen LogP contribution is -2.27. The fraction of sp³-hybridized carbons (Fsp3) is 0.300. The van der Waals surface area contributed by atoms with Crippen LogP contribution in [0.2, 0.25) is 5.02 Å². The highest BCUT2D eigenvalue weighted by Crippen LogP contribution is 2.27. The normalized spacial score (nSPS) is 13.2. The summed E-state index contributed by atoms with van der Waals surface area (Å²) in [6.07, 6.45) is 0. The SMILES string of the molecule is COc1ccc(S(=O)(=O)NC(C)c2nn[nH]n2)cc1Cl. The lowest BCUT2D eigenvalue weighted by molar-refractivity contribution is 0.414. The van der Waals surface area contributed by atoms with Crippen molar-refractivity contribution in [2.75, 3.05) is 7.11 Å². The minimum atomic E-state index is -3.74. The third kappa shape index (κ3) is 3.06. The van der Waals surface area contributed by atoms with Gasteiger partial charge in [0.1, 0.15) is 5.75 Å². The van der Waals surface area contributed by atoms with Crippen LogP contribution < -0.4 is 9.46 Å². The van der Waals surface area contributed by atoms with E-state index in [9.17, 15) is 8.42 Å². The monoisotopic (exact) mass is 317 g/mol. The first kappa shape index (κ1) is 14.7. The lowest BCUT2D eigenvalue weighted by atomic mass is 10.3. The maximum Gasteiger partial charge on any atom is 0.241 e. The summed E-state index contributed by atoms with van der Waals surface area (Å²) in [5.74, 6) is 0.644. The van der Waals surface area contributed by atoms with E-state index in [1.807, 2.05) is 0 Å². The Labute approximate surface area is 120 Å². The Hall–Kier alpha value is -1.71. The number of benzene rings is 1. The number of sulfonamides is 1. The molecular formula is C10H12ClN5O3S. The molecule has 2 rings (SSSR count). The zero-order valence-electron chi connectivity index (χ0n) is 10.7. The smallest absolute Gasteiger partial charge is 0.241 e. The third-order valence-corrected chi connectivity index (χ3v) is 4.35. The quantitative estimate of drug-likeness (QED) is 0.848. The molecule has 8 nitrogen and oxygen atoms in total. The highest BCUT2D eigenvalue weighted by Gasteiger charge is 2.21. The van der Waals surface area contributed by atoms with E-state index in [1.54, 1.807) is 6.92 Å². The maximum absolute atomic E-state index is 12.2. The molecule has 0 aliphatic rings. The van der Waals surface area contributed by atoms with Gasteiger partial charge in [0.05, 0.1) is 23.1 Å². The lowest BCUT2D eigenvalue weighted by Gasteiger charge is -2.12. The molecule has 108 valence electrons. The second kappa shape index (κ2) is 5.73. The van der Waals surface area contributed by atoms with Crippen molar-refractivity contribution in [3.63, 3.8) is 0 Å². The van der Waals surface area contributed by atoms with E-state index >= 15 is 0 Å². The molecule has 0 fully saturated rings. The Morgan fingerprint density at radius 1 is 1.45 bits per heavy atom. The highest BCUT2D eigenvalue weighted by molar-refractivity contribution is 7.89. The molecule has 0 bridgehead atoms. The average molecular weight is 318 g/mol. The van der Waals surface area contributed by atoms with Gasteiger partial charge in [0.2, 0.25) is 10.0 Å². The van der Waals surface area contributed by atoms with Crippen LogP contribution in [0.3, 0.4) is 0 Å². The van der Waals surface area contributed by atoms with Crippen LogP contribution in [0.5, 0.6) is 5.75 Å².